The minimum Gasteiger partial charge on any atom is -0.462 e. The molecule has 0 saturated carbocycles. The molecule has 0 saturated heterocycles. The fourth-order valence-corrected chi connectivity index (χ4v) is 13.6. The van der Waals surface area contributed by atoms with E-state index in [0.29, 0.717) is 31.6 Å². The molecular weight excluding hydrogens is 1280 g/mol. The van der Waals surface area contributed by atoms with Gasteiger partial charge in [-0.05, 0) is 49.4 Å². The molecule has 3 N–H and O–H groups in total. The third-order valence-electron chi connectivity index (χ3n) is 19.0. The fourth-order valence-electron chi connectivity index (χ4n) is 12.0. The lowest BCUT2D eigenvalue weighted by Crippen LogP contribution is -2.30. The van der Waals surface area contributed by atoms with Crippen molar-refractivity contribution in [3.63, 3.8) is 0 Å². The third kappa shape index (κ3) is 69.8. The molecule has 0 aliphatic rings. The monoisotopic (exact) mass is 1440 g/mol. The number of phosphoric acid groups is 2. The smallest absolute Gasteiger partial charge is 0.462 e. The Kier molecular flexibility index (Phi) is 66.8. The first-order chi connectivity index (χ1) is 47.2. The van der Waals surface area contributed by atoms with Crippen molar-refractivity contribution in [1.29, 1.82) is 0 Å². The average Bonchev–Trinajstić information content (AvgIpc) is 1.04. The van der Waals surface area contributed by atoms with Crippen molar-refractivity contribution < 1.29 is 80.2 Å². The summed E-state index contributed by atoms with van der Waals surface area (Å²) in [4.78, 5) is 72.9. The molecule has 0 aromatic heterocycles. The topological polar surface area (TPSA) is 237 Å². The van der Waals surface area contributed by atoms with Crippen LogP contribution in [0.15, 0.2) is 0 Å². The minimum atomic E-state index is -4.96. The number of aliphatic hydroxyl groups excluding tert-OH is 1. The summed E-state index contributed by atoms with van der Waals surface area (Å²) < 4.78 is 68.6. The zero-order valence-corrected chi connectivity index (χ0v) is 66.2. The van der Waals surface area contributed by atoms with E-state index >= 15 is 0 Å². The number of hydrogen-bond donors (Lipinski definition) is 3. The number of phosphoric ester groups is 2. The molecule has 0 bridgehead atoms. The minimum absolute atomic E-state index is 0.105. The van der Waals surface area contributed by atoms with Gasteiger partial charge in [-0.3, -0.25) is 37.3 Å². The predicted octanol–water partition coefficient (Wildman–Crippen LogP) is 23.2. The first kappa shape index (κ1) is 96.1. The van der Waals surface area contributed by atoms with E-state index in [1.807, 2.05) is 0 Å². The maximum Gasteiger partial charge on any atom is 0.472 e. The zero-order chi connectivity index (χ0) is 72.4. The SMILES string of the molecule is CCC(C)CCCCCCCCCCCCCCCCC(=O)OC[C@H](COP(=O)(O)OC[C@@H](O)COP(=O)(O)OC[C@@H](COC(=O)CCCCCCCCC(C)C)OC(=O)CCCCCCCCCCCCC(C)C)OC(=O)CCCCCCCCCCCCCCCCC(C)CC. The van der Waals surface area contributed by atoms with E-state index < -0.39 is 97.5 Å². The molecule has 0 aliphatic carbocycles. The molecule has 0 rings (SSSR count). The molecule has 0 aromatic rings. The van der Waals surface area contributed by atoms with Crippen LogP contribution in [0.1, 0.15) is 402 Å². The summed E-state index contributed by atoms with van der Waals surface area (Å²) in [7, 11) is -9.92. The molecule has 0 aromatic carbocycles. The van der Waals surface area contributed by atoms with Crippen LogP contribution in [0.3, 0.4) is 0 Å². The Morgan fingerprint density at radius 3 is 0.724 bits per heavy atom. The highest BCUT2D eigenvalue weighted by Gasteiger charge is 2.30. The number of hydrogen-bond acceptors (Lipinski definition) is 15. The highest BCUT2D eigenvalue weighted by atomic mass is 31.2. The molecule has 582 valence electrons. The van der Waals surface area contributed by atoms with Crippen LogP contribution in [-0.2, 0) is 65.4 Å². The highest BCUT2D eigenvalue weighted by Crippen LogP contribution is 2.45. The largest absolute Gasteiger partial charge is 0.472 e. The van der Waals surface area contributed by atoms with Gasteiger partial charge in [0.25, 0.3) is 0 Å². The van der Waals surface area contributed by atoms with E-state index in [0.717, 1.165) is 114 Å². The summed E-state index contributed by atoms with van der Waals surface area (Å²) in [6.07, 6.45) is 54.1. The Hall–Kier alpha value is -1.94. The molecule has 19 heteroatoms. The van der Waals surface area contributed by atoms with Gasteiger partial charge in [-0.1, -0.05) is 351 Å². The molecule has 0 amide bonds. The van der Waals surface area contributed by atoms with Crippen molar-refractivity contribution in [2.75, 3.05) is 39.6 Å². The highest BCUT2D eigenvalue weighted by molar-refractivity contribution is 7.47. The van der Waals surface area contributed by atoms with Gasteiger partial charge in [0, 0.05) is 25.7 Å². The Labute approximate surface area is 600 Å². The standard InChI is InChI=1S/C79H154O17P2/c1-9-71(7)57-49-41-32-26-19-15-11-13-17-21-28-34-43-51-59-76(81)89-65-74(95-78(83)61-53-45-35-29-22-18-14-12-16-20-27-33-42-50-58-72(8)10-2)67-93-97(85,86)91-63-73(80)64-92-98(87,88)94-68-75(66-90-77(82)60-52-44-38-37-40-48-56-70(5)6)96-79(84)62-54-46-36-30-24-23-25-31-39-47-55-69(3)4/h69-75,80H,9-68H2,1-8H3,(H,85,86)(H,87,88)/t71?,72?,73-,74-,75-/m1/s1. The van der Waals surface area contributed by atoms with E-state index in [4.69, 9.17) is 37.0 Å². The molecular formula is C79H154O17P2. The Morgan fingerprint density at radius 1 is 0.286 bits per heavy atom. The second-order valence-electron chi connectivity index (χ2n) is 29.9. The molecule has 0 heterocycles. The summed E-state index contributed by atoms with van der Waals surface area (Å²) >= 11 is 0. The van der Waals surface area contributed by atoms with Crippen molar-refractivity contribution in [3.05, 3.63) is 0 Å². The van der Waals surface area contributed by atoms with Gasteiger partial charge in [0.2, 0.25) is 0 Å². The van der Waals surface area contributed by atoms with E-state index in [-0.39, 0.29) is 25.7 Å². The van der Waals surface area contributed by atoms with Gasteiger partial charge in [-0.25, -0.2) is 9.13 Å². The van der Waals surface area contributed by atoms with Gasteiger partial charge in [-0.15, -0.1) is 0 Å². The van der Waals surface area contributed by atoms with E-state index in [2.05, 4.69) is 55.4 Å². The van der Waals surface area contributed by atoms with Gasteiger partial charge in [0.1, 0.15) is 19.3 Å². The van der Waals surface area contributed by atoms with Crippen LogP contribution in [0.4, 0.5) is 0 Å². The van der Waals surface area contributed by atoms with E-state index in [1.54, 1.807) is 0 Å². The summed E-state index contributed by atoms with van der Waals surface area (Å²) in [6.45, 7) is 14.2. The second kappa shape index (κ2) is 68.2. The molecule has 0 spiro atoms. The number of rotatable bonds is 76. The van der Waals surface area contributed by atoms with Gasteiger partial charge < -0.3 is 33.8 Å². The van der Waals surface area contributed by atoms with Crippen LogP contribution < -0.4 is 0 Å². The molecule has 0 aliphatic heterocycles. The maximum absolute atomic E-state index is 13.1. The number of unbranched alkanes of at least 4 members (excludes halogenated alkanes) is 40. The number of carbonyl (C=O) groups excluding carboxylic acids is 4. The van der Waals surface area contributed by atoms with Crippen LogP contribution in [-0.4, -0.2) is 96.7 Å². The Balaban J connectivity index is 5.24. The number of esters is 4. The predicted molar refractivity (Wildman–Crippen MR) is 400 cm³/mol. The fraction of sp³-hybridized carbons (Fsp3) is 0.949. The van der Waals surface area contributed by atoms with Crippen molar-refractivity contribution in [3.8, 4) is 0 Å². The Bertz CT molecular complexity index is 1920. The maximum atomic E-state index is 13.1. The summed E-state index contributed by atoms with van der Waals surface area (Å²) in [6, 6.07) is 0. The zero-order valence-electron chi connectivity index (χ0n) is 64.4. The number of carbonyl (C=O) groups is 4. The van der Waals surface area contributed by atoms with Crippen LogP contribution in [0.2, 0.25) is 0 Å². The van der Waals surface area contributed by atoms with E-state index in [1.165, 1.54) is 199 Å². The van der Waals surface area contributed by atoms with Gasteiger partial charge in [0.15, 0.2) is 12.2 Å². The average molecular weight is 1440 g/mol. The molecule has 4 unspecified atom stereocenters. The Morgan fingerprint density at radius 2 is 0.490 bits per heavy atom. The third-order valence-corrected chi connectivity index (χ3v) is 20.9. The van der Waals surface area contributed by atoms with Gasteiger partial charge >= 0.3 is 39.5 Å². The molecule has 98 heavy (non-hydrogen) atoms. The lowest BCUT2D eigenvalue weighted by atomic mass is 9.99. The lowest BCUT2D eigenvalue weighted by molar-refractivity contribution is -0.161. The van der Waals surface area contributed by atoms with Gasteiger partial charge in [-0.2, -0.15) is 0 Å². The van der Waals surface area contributed by atoms with Crippen molar-refractivity contribution in [2.45, 2.75) is 420 Å². The van der Waals surface area contributed by atoms with Crippen molar-refractivity contribution >= 4 is 39.5 Å². The first-order valence-corrected chi connectivity index (χ1v) is 43.8. The molecule has 17 nitrogen and oxygen atoms in total. The summed E-state index contributed by atoms with van der Waals surface area (Å²) in [5.74, 6) is 1.01. The van der Waals surface area contributed by atoms with Crippen LogP contribution >= 0.6 is 15.6 Å². The van der Waals surface area contributed by atoms with Crippen LogP contribution in [0.25, 0.3) is 0 Å². The normalized spacial score (nSPS) is 14.6. The first-order valence-electron chi connectivity index (χ1n) is 40.8. The summed E-state index contributed by atoms with van der Waals surface area (Å²) in [5.41, 5.74) is 0. The molecule has 7 atom stereocenters. The number of aliphatic hydroxyl groups is 1. The quantitative estimate of drug-likeness (QED) is 0.0222. The van der Waals surface area contributed by atoms with Crippen molar-refractivity contribution in [1.82, 2.24) is 0 Å². The van der Waals surface area contributed by atoms with Gasteiger partial charge in [0.05, 0.1) is 26.4 Å². The van der Waals surface area contributed by atoms with Crippen molar-refractivity contribution in [2.24, 2.45) is 23.7 Å². The van der Waals surface area contributed by atoms with E-state index in [9.17, 15) is 43.2 Å². The number of ether oxygens (including phenoxy) is 4. The molecule has 0 fully saturated rings. The second-order valence-corrected chi connectivity index (χ2v) is 32.8. The van der Waals surface area contributed by atoms with Crippen LogP contribution in [0.5, 0.6) is 0 Å². The lowest BCUT2D eigenvalue weighted by Gasteiger charge is -2.21. The summed E-state index contributed by atoms with van der Waals surface area (Å²) in [5, 5.41) is 10.6. The molecule has 0 radical (unpaired) electrons. The van der Waals surface area contributed by atoms with Crippen LogP contribution in [0, 0.1) is 23.7 Å².